The van der Waals surface area contributed by atoms with Crippen LogP contribution in [0.15, 0.2) is 42.5 Å². The molecule has 0 amide bonds. The molecule has 0 aliphatic heterocycles. The quantitative estimate of drug-likeness (QED) is 0.608. The molecule has 0 fully saturated rings. The Kier molecular flexibility index (Phi) is 4.49. The number of hydrogen-bond donors (Lipinski definition) is 0. The number of Topliss-reactive ketones (excluding diaryl/α,β-unsaturated/α-hetero) is 1. The lowest BCUT2D eigenvalue weighted by molar-refractivity contribution is -0.137. The summed E-state index contributed by atoms with van der Waals surface area (Å²) in [5.41, 5.74) is -0.0596. The lowest BCUT2D eigenvalue weighted by atomic mass is 10.1. The van der Waals surface area contributed by atoms with Gasteiger partial charge < -0.3 is 4.74 Å². The van der Waals surface area contributed by atoms with Gasteiger partial charge in [-0.05, 0) is 42.8 Å². The largest absolute Gasteiger partial charge is 0.486 e. The minimum atomic E-state index is -4.39. The van der Waals surface area contributed by atoms with Crippen molar-refractivity contribution in [1.82, 2.24) is 0 Å². The van der Waals surface area contributed by atoms with Crippen LogP contribution in [0.25, 0.3) is 0 Å². The molecule has 0 spiro atoms. The molecule has 6 heteroatoms. The summed E-state index contributed by atoms with van der Waals surface area (Å²) < 4.78 is 56.2. The van der Waals surface area contributed by atoms with Crippen LogP contribution in [0.5, 0.6) is 5.75 Å². The fourth-order valence-electron chi connectivity index (χ4n) is 1.79. The van der Waals surface area contributed by atoms with Crippen molar-refractivity contribution in [2.75, 3.05) is 0 Å². The van der Waals surface area contributed by atoms with Crippen molar-refractivity contribution in [3.05, 3.63) is 65.0 Å². The number of ketones is 1. The van der Waals surface area contributed by atoms with Gasteiger partial charge >= 0.3 is 6.18 Å². The van der Waals surface area contributed by atoms with E-state index in [-0.39, 0.29) is 23.7 Å². The van der Waals surface area contributed by atoms with E-state index in [9.17, 15) is 22.4 Å². The maximum absolute atomic E-state index is 13.7. The fraction of sp³-hybridized carbons (Fsp3) is 0.188. The smallest absolute Gasteiger partial charge is 0.416 e. The molecule has 116 valence electrons. The molecular formula is C16H12F4O2. The number of halogens is 4. The van der Waals surface area contributed by atoms with Gasteiger partial charge in [0.25, 0.3) is 0 Å². The van der Waals surface area contributed by atoms with Crippen molar-refractivity contribution in [2.45, 2.75) is 19.7 Å². The number of benzene rings is 2. The molecule has 0 atom stereocenters. The maximum Gasteiger partial charge on any atom is 0.416 e. The number of rotatable bonds is 4. The van der Waals surface area contributed by atoms with Crippen LogP contribution in [0.3, 0.4) is 0 Å². The summed E-state index contributed by atoms with van der Waals surface area (Å²) in [7, 11) is 0. The van der Waals surface area contributed by atoms with Gasteiger partial charge in [0.1, 0.15) is 6.61 Å². The molecule has 2 aromatic rings. The van der Waals surface area contributed by atoms with E-state index in [1.807, 2.05) is 0 Å². The Labute approximate surface area is 124 Å². The Balaban J connectivity index is 2.05. The minimum absolute atomic E-state index is 0.0649. The Bertz CT molecular complexity index is 676. The molecule has 22 heavy (non-hydrogen) atoms. The summed E-state index contributed by atoms with van der Waals surface area (Å²) in [6.07, 6.45) is -4.39. The molecule has 0 saturated heterocycles. The van der Waals surface area contributed by atoms with Gasteiger partial charge in [-0.15, -0.1) is 0 Å². The number of carbonyl (C=O) groups is 1. The predicted molar refractivity (Wildman–Crippen MR) is 72.2 cm³/mol. The fourth-order valence-corrected chi connectivity index (χ4v) is 1.79. The van der Waals surface area contributed by atoms with E-state index in [2.05, 4.69) is 0 Å². The Morgan fingerprint density at radius 1 is 1.09 bits per heavy atom. The first-order valence-electron chi connectivity index (χ1n) is 6.37. The van der Waals surface area contributed by atoms with Gasteiger partial charge in [0.15, 0.2) is 17.3 Å². The average molecular weight is 312 g/mol. The monoisotopic (exact) mass is 312 g/mol. The van der Waals surface area contributed by atoms with Gasteiger partial charge in [0.2, 0.25) is 0 Å². The Hall–Kier alpha value is -2.37. The summed E-state index contributed by atoms with van der Waals surface area (Å²) in [6.45, 7) is 1.24. The topological polar surface area (TPSA) is 26.3 Å². The highest BCUT2D eigenvalue weighted by molar-refractivity contribution is 5.94. The average Bonchev–Trinajstić information content (AvgIpc) is 2.45. The highest BCUT2D eigenvalue weighted by Gasteiger charge is 2.29. The molecular weight excluding hydrogens is 300 g/mol. The Morgan fingerprint density at radius 3 is 2.23 bits per heavy atom. The standard InChI is InChI=1S/C16H12F4O2/c1-10(21)12-4-7-15(14(17)8-12)22-9-11-2-5-13(6-3-11)16(18,19)20/h2-8H,9H2,1H3. The van der Waals surface area contributed by atoms with E-state index >= 15 is 0 Å². The van der Waals surface area contributed by atoms with E-state index < -0.39 is 17.6 Å². The van der Waals surface area contributed by atoms with Crippen LogP contribution in [0.1, 0.15) is 28.4 Å². The van der Waals surface area contributed by atoms with Crippen molar-refractivity contribution in [3.63, 3.8) is 0 Å². The lowest BCUT2D eigenvalue weighted by Gasteiger charge is -2.10. The molecule has 0 heterocycles. The van der Waals surface area contributed by atoms with Gasteiger partial charge in [0, 0.05) is 5.56 Å². The van der Waals surface area contributed by atoms with Gasteiger partial charge in [0.05, 0.1) is 5.56 Å². The zero-order chi connectivity index (χ0) is 16.3. The lowest BCUT2D eigenvalue weighted by Crippen LogP contribution is -2.05. The molecule has 0 aliphatic carbocycles. The number of carbonyl (C=O) groups excluding carboxylic acids is 1. The predicted octanol–water partition coefficient (Wildman–Crippen LogP) is 4.63. The van der Waals surface area contributed by atoms with Crippen LogP contribution in [-0.2, 0) is 12.8 Å². The maximum atomic E-state index is 13.7. The van der Waals surface area contributed by atoms with Gasteiger partial charge in [-0.2, -0.15) is 13.2 Å². The highest BCUT2D eigenvalue weighted by atomic mass is 19.4. The molecule has 2 nitrogen and oxygen atoms in total. The second-order valence-corrected chi connectivity index (χ2v) is 4.68. The highest BCUT2D eigenvalue weighted by Crippen LogP contribution is 2.29. The van der Waals surface area contributed by atoms with E-state index in [1.165, 1.54) is 31.2 Å². The van der Waals surface area contributed by atoms with E-state index in [0.29, 0.717) is 5.56 Å². The van der Waals surface area contributed by atoms with Crippen LogP contribution in [-0.4, -0.2) is 5.78 Å². The van der Waals surface area contributed by atoms with Gasteiger partial charge in [-0.3, -0.25) is 4.79 Å². The van der Waals surface area contributed by atoms with E-state index in [0.717, 1.165) is 18.2 Å². The molecule has 0 aliphatic rings. The third kappa shape index (κ3) is 3.84. The minimum Gasteiger partial charge on any atom is -0.486 e. The third-order valence-electron chi connectivity index (χ3n) is 3.01. The van der Waals surface area contributed by atoms with Crippen LogP contribution < -0.4 is 4.74 Å². The summed E-state index contributed by atoms with van der Waals surface area (Å²) in [5, 5.41) is 0. The molecule has 0 aromatic heterocycles. The molecule has 0 saturated carbocycles. The normalized spacial score (nSPS) is 11.3. The van der Waals surface area contributed by atoms with Crippen molar-refractivity contribution in [1.29, 1.82) is 0 Å². The summed E-state index contributed by atoms with van der Waals surface area (Å²) in [5.74, 6) is -1.03. The molecule has 0 unspecified atom stereocenters. The zero-order valence-corrected chi connectivity index (χ0v) is 11.6. The SMILES string of the molecule is CC(=O)c1ccc(OCc2ccc(C(F)(F)F)cc2)c(F)c1. The first kappa shape index (κ1) is 16.0. The summed E-state index contributed by atoms with van der Waals surface area (Å²) in [4.78, 5) is 11.1. The molecule has 2 aromatic carbocycles. The van der Waals surface area contributed by atoms with Crippen LogP contribution in [0.2, 0.25) is 0 Å². The van der Waals surface area contributed by atoms with Crippen LogP contribution in [0.4, 0.5) is 17.6 Å². The Morgan fingerprint density at radius 2 is 1.73 bits per heavy atom. The van der Waals surface area contributed by atoms with Crippen molar-refractivity contribution < 1.29 is 27.1 Å². The first-order chi connectivity index (χ1) is 10.3. The van der Waals surface area contributed by atoms with Crippen molar-refractivity contribution >= 4 is 5.78 Å². The van der Waals surface area contributed by atoms with E-state index in [4.69, 9.17) is 4.74 Å². The molecule has 2 rings (SSSR count). The number of ether oxygens (including phenoxy) is 1. The summed E-state index contributed by atoms with van der Waals surface area (Å²) in [6, 6.07) is 8.21. The third-order valence-corrected chi connectivity index (χ3v) is 3.01. The molecule has 0 bridgehead atoms. The van der Waals surface area contributed by atoms with Gasteiger partial charge in [-0.25, -0.2) is 4.39 Å². The number of hydrogen-bond acceptors (Lipinski definition) is 2. The van der Waals surface area contributed by atoms with E-state index in [1.54, 1.807) is 0 Å². The number of alkyl halides is 3. The van der Waals surface area contributed by atoms with Gasteiger partial charge in [-0.1, -0.05) is 12.1 Å². The van der Waals surface area contributed by atoms with Crippen LogP contribution in [0, 0.1) is 5.82 Å². The molecule has 0 N–H and O–H groups in total. The zero-order valence-electron chi connectivity index (χ0n) is 11.6. The van der Waals surface area contributed by atoms with Crippen LogP contribution >= 0.6 is 0 Å². The molecule has 0 radical (unpaired) electrons. The second-order valence-electron chi connectivity index (χ2n) is 4.68. The summed E-state index contributed by atoms with van der Waals surface area (Å²) >= 11 is 0. The van der Waals surface area contributed by atoms with Crippen molar-refractivity contribution in [2.24, 2.45) is 0 Å². The second kappa shape index (κ2) is 6.17. The first-order valence-corrected chi connectivity index (χ1v) is 6.37. The van der Waals surface area contributed by atoms with Crippen molar-refractivity contribution in [3.8, 4) is 5.75 Å².